The highest BCUT2D eigenvalue weighted by molar-refractivity contribution is 5.49. The van der Waals surface area contributed by atoms with Crippen LogP contribution in [0, 0.1) is 5.92 Å². The van der Waals surface area contributed by atoms with Crippen molar-refractivity contribution in [1.29, 1.82) is 0 Å². The molecule has 0 saturated heterocycles. The Hall–Kier alpha value is -1.09. The van der Waals surface area contributed by atoms with Crippen molar-refractivity contribution >= 4 is 5.82 Å². The number of pyridine rings is 1. The summed E-state index contributed by atoms with van der Waals surface area (Å²) in [6.07, 6.45) is 1.84. The van der Waals surface area contributed by atoms with Gasteiger partial charge in [0.15, 0.2) is 0 Å². The van der Waals surface area contributed by atoms with Gasteiger partial charge in [-0.15, -0.1) is 0 Å². The Bertz CT molecular complexity index is 345. The average molecular weight is 235 g/mol. The summed E-state index contributed by atoms with van der Waals surface area (Å²) in [6, 6.07) is 4.48. The largest absolute Gasteiger partial charge is 0.354 e. The Morgan fingerprint density at radius 1 is 1.24 bits per heavy atom. The summed E-state index contributed by atoms with van der Waals surface area (Å²) in [6.45, 7) is 11.9. The molecular weight excluding hydrogens is 210 g/mol. The zero-order valence-electron chi connectivity index (χ0n) is 11.6. The van der Waals surface area contributed by atoms with E-state index in [-0.39, 0.29) is 6.04 Å². The summed E-state index contributed by atoms with van der Waals surface area (Å²) in [5, 5.41) is 0. The van der Waals surface area contributed by atoms with E-state index >= 15 is 0 Å². The maximum absolute atomic E-state index is 6.02. The first kappa shape index (κ1) is 14.0. The third kappa shape index (κ3) is 3.70. The molecule has 0 unspecified atom stereocenters. The normalized spacial score (nSPS) is 13.2. The predicted octanol–water partition coefficient (Wildman–Crippen LogP) is 2.97. The van der Waals surface area contributed by atoms with Crippen LogP contribution in [0.2, 0.25) is 0 Å². The van der Waals surface area contributed by atoms with Gasteiger partial charge in [-0.1, -0.05) is 19.9 Å². The van der Waals surface area contributed by atoms with Crippen LogP contribution in [-0.4, -0.2) is 17.6 Å². The van der Waals surface area contributed by atoms with Crippen LogP contribution in [0.15, 0.2) is 18.3 Å². The molecule has 96 valence electrons. The van der Waals surface area contributed by atoms with Crippen LogP contribution in [0.3, 0.4) is 0 Å². The number of rotatable bonds is 5. The van der Waals surface area contributed by atoms with Crippen molar-refractivity contribution in [2.45, 2.75) is 46.7 Å². The highest BCUT2D eigenvalue weighted by Crippen LogP contribution is 2.24. The summed E-state index contributed by atoms with van der Waals surface area (Å²) < 4.78 is 0. The van der Waals surface area contributed by atoms with Gasteiger partial charge in [-0.05, 0) is 32.8 Å². The monoisotopic (exact) mass is 235 g/mol. The summed E-state index contributed by atoms with van der Waals surface area (Å²) in [7, 11) is 0. The minimum atomic E-state index is 0.0205. The molecule has 0 fully saturated rings. The van der Waals surface area contributed by atoms with Gasteiger partial charge in [0.25, 0.3) is 0 Å². The molecule has 17 heavy (non-hydrogen) atoms. The van der Waals surface area contributed by atoms with E-state index in [0.29, 0.717) is 12.0 Å². The molecule has 1 aromatic rings. The number of hydrogen-bond acceptors (Lipinski definition) is 3. The second-order valence-electron chi connectivity index (χ2n) is 5.34. The molecule has 0 aromatic carbocycles. The lowest BCUT2D eigenvalue weighted by Gasteiger charge is -2.31. The van der Waals surface area contributed by atoms with Gasteiger partial charge in [0.05, 0.1) is 0 Å². The van der Waals surface area contributed by atoms with Crippen molar-refractivity contribution in [2.75, 3.05) is 11.4 Å². The van der Waals surface area contributed by atoms with Crippen LogP contribution in [0.25, 0.3) is 0 Å². The lowest BCUT2D eigenvalue weighted by atomic mass is 10.1. The Labute approximate surface area is 105 Å². The lowest BCUT2D eigenvalue weighted by Crippen LogP contribution is -2.36. The van der Waals surface area contributed by atoms with Gasteiger partial charge in [0, 0.05) is 30.4 Å². The highest BCUT2D eigenvalue weighted by Gasteiger charge is 2.18. The number of nitrogens with two attached hydrogens (primary N) is 1. The minimum Gasteiger partial charge on any atom is -0.354 e. The van der Waals surface area contributed by atoms with E-state index in [1.165, 1.54) is 0 Å². The quantitative estimate of drug-likeness (QED) is 0.853. The molecule has 2 N–H and O–H groups in total. The van der Waals surface area contributed by atoms with Gasteiger partial charge >= 0.3 is 0 Å². The molecule has 0 amide bonds. The third-order valence-electron chi connectivity index (χ3n) is 2.76. The van der Waals surface area contributed by atoms with Crippen molar-refractivity contribution in [3.63, 3.8) is 0 Å². The third-order valence-corrected chi connectivity index (χ3v) is 2.76. The first-order valence-electron chi connectivity index (χ1n) is 6.40. The Kier molecular flexibility index (Phi) is 4.94. The van der Waals surface area contributed by atoms with Crippen molar-refractivity contribution in [3.8, 4) is 0 Å². The van der Waals surface area contributed by atoms with Crippen molar-refractivity contribution in [2.24, 2.45) is 11.7 Å². The van der Waals surface area contributed by atoms with Crippen molar-refractivity contribution in [3.05, 3.63) is 23.9 Å². The van der Waals surface area contributed by atoms with E-state index in [9.17, 15) is 0 Å². The van der Waals surface area contributed by atoms with Crippen LogP contribution in [0.5, 0.6) is 0 Å². The lowest BCUT2D eigenvalue weighted by molar-refractivity contribution is 0.562. The number of hydrogen-bond donors (Lipinski definition) is 1. The maximum atomic E-state index is 6.02. The average Bonchev–Trinajstić information content (AvgIpc) is 2.25. The fourth-order valence-corrected chi connectivity index (χ4v) is 1.94. The zero-order chi connectivity index (χ0) is 13.0. The Balaban J connectivity index is 3.09. The van der Waals surface area contributed by atoms with Crippen LogP contribution in [0.4, 0.5) is 5.82 Å². The van der Waals surface area contributed by atoms with E-state index < -0.39 is 0 Å². The van der Waals surface area contributed by atoms with Gasteiger partial charge in [-0.3, -0.25) is 0 Å². The molecule has 0 aliphatic rings. The van der Waals surface area contributed by atoms with Crippen LogP contribution in [0.1, 0.15) is 46.2 Å². The van der Waals surface area contributed by atoms with Crippen molar-refractivity contribution < 1.29 is 0 Å². The summed E-state index contributed by atoms with van der Waals surface area (Å²) in [5.41, 5.74) is 7.14. The topological polar surface area (TPSA) is 42.2 Å². The SMILES string of the molecule is CC(C)CN(c1ncccc1[C@H](C)N)C(C)C. The highest BCUT2D eigenvalue weighted by atomic mass is 15.2. The van der Waals surface area contributed by atoms with Crippen LogP contribution < -0.4 is 10.6 Å². The van der Waals surface area contributed by atoms with E-state index in [4.69, 9.17) is 5.73 Å². The molecule has 1 atom stereocenters. The number of nitrogens with zero attached hydrogens (tertiary/aromatic N) is 2. The molecule has 1 heterocycles. The minimum absolute atomic E-state index is 0.0205. The summed E-state index contributed by atoms with van der Waals surface area (Å²) in [5.74, 6) is 1.64. The van der Waals surface area contributed by atoms with E-state index in [1.807, 2.05) is 19.2 Å². The van der Waals surface area contributed by atoms with Gasteiger partial charge < -0.3 is 10.6 Å². The molecule has 0 aliphatic carbocycles. The molecule has 0 aliphatic heterocycles. The van der Waals surface area contributed by atoms with Crippen LogP contribution in [-0.2, 0) is 0 Å². The van der Waals surface area contributed by atoms with Crippen molar-refractivity contribution in [1.82, 2.24) is 4.98 Å². The molecule has 1 aromatic heterocycles. The molecule has 3 heteroatoms. The molecule has 0 bridgehead atoms. The fraction of sp³-hybridized carbons (Fsp3) is 0.643. The van der Waals surface area contributed by atoms with Crippen LogP contribution >= 0.6 is 0 Å². The van der Waals surface area contributed by atoms with E-state index in [1.54, 1.807) is 0 Å². The smallest absolute Gasteiger partial charge is 0.133 e. The van der Waals surface area contributed by atoms with Gasteiger partial charge in [0.2, 0.25) is 0 Å². The number of anilines is 1. The predicted molar refractivity (Wildman–Crippen MR) is 74.2 cm³/mol. The van der Waals surface area contributed by atoms with Gasteiger partial charge in [-0.2, -0.15) is 0 Å². The summed E-state index contributed by atoms with van der Waals surface area (Å²) in [4.78, 5) is 6.86. The standard InChI is InChI=1S/C14H25N3/c1-10(2)9-17(11(3)4)14-13(12(5)15)7-6-8-16-14/h6-8,10-12H,9,15H2,1-5H3/t12-/m0/s1. The zero-order valence-corrected chi connectivity index (χ0v) is 11.6. The van der Waals surface area contributed by atoms with Gasteiger partial charge in [-0.25, -0.2) is 4.98 Å². The second kappa shape index (κ2) is 6.01. The molecule has 0 saturated carbocycles. The second-order valence-corrected chi connectivity index (χ2v) is 5.34. The van der Waals surface area contributed by atoms with E-state index in [2.05, 4.69) is 43.6 Å². The van der Waals surface area contributed by atoms with E-state index in [0.717, 1.165) is 17.9 Å². The number of aromatic nitrogens is 1. The molecule has 1 rings (SSSR count). The molecule has 0 spiro atoms. The maximum Gasteiger partial charge on any atom is 0.133 e. The molecule has 3 nitrogen and oxygen atoms in total. The molecule has 0 radical (unpaired) electrons. The molecular formula is C14H25N3. The Morgan fingerprint density at radius 2 is 1.88 bits per heavy atom. The first-order chi connectivity index (χ1) is 7.93. The fourth-order valence-electron chi connectivity index (χ4n) is 1.94. The van der Waals surface area contributed by atoms with Gasteiger partial charge in [0.1, 0.15) is 5.82 Å². The Morgan fingerprint density at radius 3 is 2.35 bits per heavy atom. The first-order valence-corrected chi connectivity index (χ1v) is 6.40. The summed E-state index contributed by atoms with van der Waals surface area (Å²) >= 11 is 0.